The van der Waals surface area contributed by atoms with Crippen molar-refractivity contribution in [1.82, 2.24) is 0 Å². The maximum atomic E-state index is 5.78. The monoisotopic (exact) mass is 551 g/mol. The van der Waals surface area contributed by atoms with Crippen LogP contribution in [0, 0.1) is 6.92 Å². The van der Waals surface area contributed by atoms with Gasteiger partial charge in [0.2, 0.25) is 0 Å². The van der Waals surface area contributed by atoms with E-state index in [1.807, 2.05) is 6.08 Å². The van der Waals surface area contributed by atoms with E-state index in [2.05, 4.69) is 153 Å². The highest BCUT2D eigenvalue weighted by Crippen LogP contribution is 2.46. The Morgan fingerprint density at radius 2 is 1.05 bits per heavy atom. The largest absolute Gasteiger partial charge is 0.405 e. The van der Waals surface area contributed by atoms with Crippen molar-refractivity contribution in [3.63, 3.8) is 0 Å². The summed E-state index contributed by atoms with van der Waals surface area (Å²) >= 11 is 0. The number of nitrogens with two attached hydrogens (primary N) is 1. The van der Waals surface area contributed by atoms with E-state index in [0.717, 1.165) is 11.1 Å². The van der Waals surface area contributed by atoms with Gasteiger partial charge in [0, 0.05) is 0 Å². The van der Waals surface area contributed by atoms with Crippen LogP contribution in [0.4, 0.5) is 0 Å². The summed E-state index contributed by atoms with van der Waals surface area (Å²) in [5, 5.41) is 7.53. The molecule has 0 radical (unpaired) electrons. The molecule has 0 aliphatic carbocycles. The molecule has 0 aliphatic heterocycles. The SMILES string of the molecule is C/C=C(\C=C/N)c1cccc(-c2c3ccccc3c(-c3ccc(-c4ccccc4C)c4ccccc34)c3ccccc23)c1. The summed E-state index contributed by atoms with van der Waals surface area (Å²) < 4.78 is 0. The van der Waals surface area contributed by atoms with Crippen LogP contribution in [0.5, 0.6) is 0 Å². The van der Waals surface area contributed by atoms with E-state index in [1.165, 1.54) is 71.3 Å². The maximum Gasteiger partial charge on any atom is -0.00201 e. The van der Waals surface area contributed by atoms with Gasteiger partial charge in [0.25, 0.3) is 0 Å². The Bertz CT molecular complexity index is 2160. The van der Waals surface area contributed by atoms with Gasteiger partial charge in [0.15, 0.2) is 0 Å². The zero-order valence-electron chi connectivity index (χ0n) is 24.5. The molecule has 2 N–H and O–H groups in total. The standard InChI is InChI=1S/C42H33N/c1-3-29(25-26-43)30-14-12-15-31(27-30)41-36-19-8-10-21-38(36)42(39-22-11-9-20-37(39)41)40-24-23-35(32-16-5-4-13-28(32)2)33-17-6-7-18-34(33)40/h3-27H,43H2,1-2H3/b26-25-,29-3+. The van der Waals surface area contributed by atoms with Crippen LogP contribution >= 0.6 is 0 Å². The van der Waals surface area contributed by atoms with Gasteiger partial charge in [0.05, 0.1) is 0 Å². The molecule has 0 unspecified atom stereocenters. The number of benzene rings is 7. The van der Waals surface area contributed by atoms with Crippen LogP contribution in [-0.2, 0) is 0 Å². The van der Waals surface area contributed by atoms with E-state index < -0.39 is 0 Å². The minimum Gasteiger partial charge on any atom is -0.405 e. The summed E-state index contributed by atoms with van der Waals surface area (Å²) in [5.74, 6) is 0. The Kier molecular flexibility index (Phi) is 6.85. The number of fused-ring (bicyclic) bond motifs is 3. The second kappa shape index (κ2) is 11.1. The highest BCUT2D eigenvalue weighted by Gasteiger charge is 2.19. The average molecular weight is 552 g/mol. The molecule has 1 nitrogen and oxygen atoms in total. The van der Waals surface area contributed by atoms with Gasteiger partial charge < -0.3 is 5.73 Å². The lowest BCUT2D eigenvalue weighted by molar-refractivity contribution is 1.47. The first-order valence-electron chi connectivity index (χ1n) is 14.9. The lowest BCUT2D eigenvalue weighted by atomic mass is 9.83. The third kappa shape index (κ3) is 4.51. The van der Waals surface area contributed by atoms with Crippen molar-refractivity contribution in [1.29, 1.82) is 0 Å². The minimum absolute atomic E-state index is 1.11. The lowest BCUT2D eigenvalue weighted by Gasteiger charge is -2.20. The molecule has 206 valence electrons. The second-order valence-electron chi connectivity index (χ2n) is 11.0. The zero-order valence-corrected chi connectivity index (χ0v) is 24.5. The van der Waals surface area contributed by atoms with Crippen LogP contribution in [0.25, 0.3) is 71.3 Å². The van der Waals surface area contributed by atoms with Crippen LogP contribution in [0.15, 0.2) is 152 Å². The zero-order chi connectivity index (χ0) is 29.3. The molecule has 0 spiro atoms. The number of allylic oxidation sites excluding steroid dienone is 3. The number of rotatable bonds is 5. The van der Waals surface area contributed by atoms with E-state index in [1.54, 1.807) is 6.20 Å². The van der Waals surface area contributed by atoms with Gasteiger partial charge in [-0.2, -0.15) is 0 Å². The van der Waals surface area contributed by atoms with Crippen molar-refractivity contribution < 1.29 is 0 Å². The Hall–Kier alpha value is -5.40. The fraction of sp³-hybridized carbons (Fsp3) is 0.0476. The highest BCUT2D eigenvalue weighted by molar-refractivity contribution is 6.24. The molecule has 7 aromatic carbocycles. The van der Waals surface area contributed by atoms with E-state index >= 15 is 0 Å². The van der Waals surface area contributed by atoms with Crippen molar-refractivity contribution in [2.75, 3.05) is 0 Å². The van der Waals surface area contributed by atoms with Gasteiger partial charge >= 0.3 is 0 Å². The molecular weight excluding hydrogens is 518 g/mol. The summed E-state index contributed by atoms with van der Waals surface area (Å²) in [6, 6.07) is 48.7. The van der Waals surface area contributed by atoms with E-state index in [0.29, 0.717) is 0 Å². The van der Waals surface area contributed by atoms with Crippen molar-refractivity contribution in [3.05, 3.63) is 163 Å². The first kappa shape index (κ1) is 26.5. The predicted octanol–water partition coefficient (Wildman–Crippen LogP) is 11.3. The normalized spacial score (nSPS) is 12.1. The van der Waals surface area contributed by atoms with Crippen LogP contribution in [0.2, 0.25) is 0 Å². The lowest BCUT2D eigenvalue weighted by Crippen LogP contribution is -1.93. The Labute approximate surface area is 253 Å². The third-order valence-electron chi connectivity index (χ3n) is 8.63. The van der Waals surface area contributed by atoms with Gasteiger partial charge in [-0.05, 0) is 115 Å². The molecule has 0 saturated heterocycles. The second-order valence-corrected chi connectivity index (χ2v) is 11.0. The van der Waals surface area contributed by atoms with Gasteiger partial charge in [-0.1, -0.05) is 133 Å². The molecule has 0 bridgehead atoms. The van der Waals surface area contributed by atoms with Crippen molar-refractivity contribution in [3.8, 4) is 33.4 Å². The molecule has 1 heteroatoms. The number of aryl methyl sites for hydroxylation is 1. The molecule has 7 aromatic rings. The Morgan fingerprint density at radius 1 is 0.512 bits per heavy atom. The quantitative estimate of drug-likeness (QED) is 0.167. The smallest absolute Gasteiger partial charge is 0.00201 e. The first-order chi connectivity index (χ1) is 21.2. The molecule has 0 aliphatic rings. The molecule has 0 aromatic heterocycles. The maximum absolute atomic E-state index is 5.78. The molecule has 0 fully saturated rings. The first-order valence-corrected chi connectivity index (χ1v) is 14.9. The molecule has 7 rings (SSSR count). The summed E-state index contributed by atoms with van der Waals surface area (Å²) in [4.78, 5) is 0. The number of hydrogen-bond donors (Lipinski definition) is 1. The fourth-order valence-electron chi connectivity index (χ4n) is 6.67. The van der Waals surface area contributed by atoms with Crippen molar-refractivity contribution >= 4 is 37.9 Å². The van der Waals surface area contributed by atoms with Crippen LogP contribution in [0.3, 0.4) is 0 Å². The van der Waals surface area contributed by atoms with Crippen molar-refractivity contribution in [2.45, 2.75) is 13.8 Å². The molecule has 0 atom stereocenters. The Morgan fingerprint density at radius 3 is 1.65 bits per heavy atom. The summed E-state index contributed by atoms with van der Waals surface area (Å²) in [5.41, 5.74) is 16.8. The van der Waals surface area contributed by atoms with Crippen LogP contribution in [0.1, 0.15) is 18.1 Å². The van der Waals surface area contributed by atoms with Crippen molar-refractivity contribution in [2.24, 2.45) is 5.73 Å². The Balaban J connectivity index is 1.56. The van der Waals surface area contributed by atoms with Gasteiger partial charge in [0.1, 0.15) is 0 Å². The minimum atomic E-state index is 1.11. The number of hydrogen-bond acceptors (Lipinski definition) is 1. The third-order valence-corrected chi connectivity index (χ3v) is 8.63. The van der Waals surface area contributed by atoms with E-state index in [4.69, 9.17) is 5.73 Å². The summed E-state index contributed by atoms with van der Waals surface area (Å²) in [6.45, 7) is 4.24. The molecule has 0 amide bonds. The predicted molar refractivity (Wildman–Crippen MR) is 187 cm³/mol. The van der Waals surface area contributed by atoms with Gasteiger partial charge in [-0.25, -0.2) is 0 Å². The van der Waals surface area contributed by atoms with E-state index in [-0.39, 0.29) is 0 Å². The molecular formula is C42H33N. The molecule has 0 saturated carbocycles. The molecule has 0 heterocycles. The van der Waals surface area contributed by atoms with E-state index in [9.17, 15) is 0 Å². The summed E-state index contributed by atoms with van der Waals surface area (Å²) in [7, 11) is 0. The highest BCUT2D eigenvalue weighted by atomic mass is 14.5. The molecule has 43 heavy (non-hydrogen) atoms. The average Bonchev–Trinajstić information content (AvgIpc) is 3.06. The topological polar surface area (TPSA) is 26.0 Å². The fourth-order valence-corrected chi connectivity index (χ4v) is 6.67. The van der Waals surface area contributed by atoms with Crippen LogP contribution < -0.4 is 5.73 Å². The van der Waals surface area contributed by atoms with Gasteiger partial charge in [-0.3, -0.25) is 0 Å². The van der Waals surface area contributed by atoms with Crippen LogP contribution in [-0.4, -0.2) is 0 Å². The summed E-state index contributed by atoms with van der Waals surface area (Å²) in [6.07, 6.45) is 5.67. The van der Waals surface area contributed by atoms with Gasteiger partial charge in [-0.15, -0.1) is 0 Å².